The fourth-order valence-corrected chi connectivity index (χ4v) is 2.50. The number of aromatic hydroxyl groups is 1. The van der Waals surface area contributed by atoms with Gasteiger partial charge in [-0.1, -0.05) is 64.1 Å². The number of carboxylic acids is 1. The van der Waals surface area contributed by atoms with Crippen LogP contribution in [0.4, 0.5) is 0 Å². The van der Waals surface area contributed by atoms with Gasteiger partial charge in [0.15, 0.2) is 0 Å². The average Bonchev–Trinajstić information content (AvgIpc) is 2.46. The second kappa shape index (κ2) is 5.84. The van der Waals surface area contributed by atoms with E-state index in [0.29, 0.717) is 5.56 Å². The fourth-order valence-electron chi connectivity index (χ4n) is 2.50. The highest BCUT2D eigenvalue weighted by Crippen LogP contribution is 2.37. The van der Waals surface area contributed by atoms with E-state index in [-0.39, 0.29) is 22.6 Å². The second-order valence-electron chi connectivity index (χ2n) is 6.65. The Morgan fingerprint density at radius 1 is 1.09 bits per heavy atom. The van der Waals surface area contributed by atoms with Crippen LogP contribution in [0, 0.1) is 0 Å². The average molecular weight is 298 g/mol. The minimum atomic E-state index is -1.11. The van der Waals surface area contributed by atoms with Crippen molar-refractivity contribution in [2.45, 2.75) is 39.0 Å². The number of hydrogen-bond acceptors (Lipinski definition) is 2. The van der Waals surface area contributed by atoms with Crippen molar-refractivity contribution in [3.8, 4) is 5.75 Å². The van der Waals surface area contributed by atoms with Gasteiger partial charge in [-0.15, -0.1) is 0 Å². The Hall–Kier alpha value is -2.29. The highest BCUT2D eigenvalue weighted by atomic mass is 16.4. The van der Waals surface area contributed by atoms with Crippen LogP contribution in [0.25, 0.3) is 0 Å². The summed E-state index contributed by atoms with van der Waals surface area (Å²) in [5.41, 5.74) is 2.37. The molecule has 0 saturated heterocycles. The molecule has 3 nitrogen and oxygen atoms in total. The third kappa shape index (κ3) is 3.14. The minimum Gasteiger partial charge on any atom is -0.507 e. The topological polar surface area (TPSA) is 57.5 Å². The zero-order valence-corrected chi connectivity index (χ0v) is 13.4. The molecule has 3 heteroatoms. The van der Waals surface area contributed by atoms with Crippen molar-refractivity contribution < 1.29 is 15.0 Å². The Labute approximate surface area is 131 Å². The van der Waals surface area contributed by atoms with E-state index < -0.39 is 5.97 Å². The highest BCUT2D eigenvalue weighted by molar-refractivity contribution is 5.91. The third-order valence-corrected chi connectivity index (χ3v) is 4.00. The van der Waals surface area contributed by atoms with Gasteiger partial charge in [0.25, 0.3) is 0 Å². The van der Waals surface area contributed by atoms with Gasteiger partial charge >= 0.3 is 5.97 Å². The lowest BCUT2D eigenvalue weighted by Gasteiger charge is -2.23. The molecular formula is C19H22O3. The summed E-state index contributed by atoms with van der Waals surface area (Å²) in [6.07, 6.45) is 0. The van der Waals surface area contributed by atoms with Crippen molar-refractivity contribution in [3.05, 3.63) is 64.7 Å². The van der Waals surface area contributed by atoms with Crippen molar-refractivity contribution in [2.75, 3.05) is 0 Å². The summed E-state index contributed by atoms with van der Waals surface area (Å²) in [7, 11) is 0. The summed E-state index contributed by atoms with van der Waals surface area (Å²) in [6.45, 7) is 8.06. The second-order valence-corrected chi connectivity index (χ2v) is 6.65. The van der Waals surface area contributed by atoms with Crippen LogP contribution in [-0.4, -0.2) is 16.2 Å². The van der Waals surface area contributed by atoms with Crippen molar-refractivity contribution >= 4 is 5.97 Å². The molecule has 2 aromatic carbocycles. The summed E-state index contributed by atoms with van der Waals surface area (Å²) in [4.78, 5) is 11.5. The first-order valence-corrected chi connectivity index (χ1v) is 7.37. The summed E-state index contributed by atoms with van der Waals surface area (Å²) in [5.74, 6) is -1.33. The maximum atomic E-state index is 11.5. The molecule has 1 atom stereocenters. The zero-order valence-electron chi connectivity index (χ0n) is 13.4. The monoisotopic (exact) mass is 298 g/mol. The molecule has 0 heterocycles. The maximum absolute atomic E-state index is 11.5. The molecule has 0 spiro atoms. The Balaban J connectivity index is 2.64. The SMILES string of the molecule is CC(c1ccccc1)c1cc(C(C)(C)C)cc(C(=O)O)c1O. The van der Waals surface area contributed by atoms with E-state index in [2.05, 4.69) is 0 Å². The van der Waals surface area contributed by atoms with E-state index in [4.69, 9.17) is 0 Å². The minimum absolute atomic E-state index is 0.0368. The van der Waals surface area contributed by atoms with Crippen molar-refractivity contribution in [1.29, 1.82) is 0 Å². The quantitative estimate of drug-likeness (QED) is 0.874. The molecule has 0 aliphatic rings. The van der Waals surface area contributed by atoms with Crippen molar-refractivity contribution in [3.63, 3.8) is 0 Å². The van der Waals surface area contributed by atoms with Crippen LogP contribution in [0.15, 0.2) is 42.5 Å². The first kappa shape index (κ1) is 16.1. The number of carboxylic acid groups (broad SMARTS) is 1. The van der Waals surface area contributed by atoms with E-state index >= 15 is 0 Å². The van der Waals surface area contributed by atoms with Gasteiger partial charge in [-0.05, 0) is 22.6 Å². The predicted molar refractivity (Wildman–Crippen MR) is 87.7 cm³/mol. The molecule has 0 saturated carbocycles. The van der Waals surface area contributed by atoms with E-state index in [1.807, 2.05) is 64.1 Å². The molecule has 0 fully saturated rings. The number of hydrogen-bond donors (Lipinski definition) is 2. The largest absolute Gasteiger partial charge is 0.507 e. The Morgan fingerprint density at radius 2 is 1.68 bits per heavy atom. The molecule has 0 aromatic heterocycles. The standard InChI is InChI=1S/C19H22O3/c1-12(13-8-6-5-7-9-13)15-10-14(19(2,3)4)11-16(17(15)20)18(21)22/h5-12,20H,1-4H3,(H,21,22). The summed E-state index contributed by atoms with van der Waals surface area (Å²) in [6, 6.07) is 13.3. The van der Waals surface area contributed by atoms with Gasteiger partial charge in [0.1, 0.15) is 11.3 Å². The zero-order chi connectivity index (χ0) is 16.5. The van der Waals surface area contributed by atoms with Gasteiger partial charge in [0.2, 0.25) is 0 Å². The van der Waals surface area contributed by atoms with E-state index in [9.17, 15) is 15.0 Å². The van der Waals surface area contributed by atoms with Gasteiger partial charge in [0.05, 0.1) is 0 Å². The molecule has 0 aliphatic heterocycles. The molecule has 0 radical (unpaired) electrons. The normalized spacial score (nSPS) is 12.9. The van der Waals surface area contributed by atoms with Crippen molar-refractivity contribution in [1.82, 2.24) is 0 Å². The van der Waals surface area contributed by atoms with E-state index in [1.165, 1.54) is 0 Å². The summed E-state index contributed by atoms with van der Waals surface area (Å²) < 4.78 is 0. The number of rotatable bonds is 3. The molecule has 2 N–H and O–H groups in total. The first-order chi connectivity index (χ1) is 10.2. The van der Waals surface area contributed by atoms with Crippen molar-refractivity contribution in [2.24, 2.45) is 0 Å². The molecule has 22 heavy (non-hydrogen) atoms. The van der Waals surface area contributed by atoms with E-state index in [1.54, 1.807) is 6.07 Å². The molecule has 0 aliphatic carbocycles. The van der Waals surface area contributed by atoms with Gasteiger partial charge in [-0.3, -0.25) is 0 Å². The molecular weight excluding hydrogens is 276 g/mol. The van der Waals surface area contributed by atoms with Crippen LogP contribution in [0.1, 0.15) is 60.7 Å². The van der Waals surface area contributed by atoms with Crippen LogP contribution >= 0.6 is 0 Å². The Kier molecular flexibility index (Phi) is 4.27. The Bertz CT molecular complexity index is 682. The third-order valence-electron chi connectivity index (χ3n) is 4.00. The lowest BCUT2D eigenvalue weighted by atomic mass is 9.81. The smallest absolute Gasteiger partial charge is 0.339 e. The highest BCUT2D eigenvalue weighted by Gasteiger charge is 2.24. The summed E-state index contributed by atoms with van der Waals surface area (Å²) >= 11 is 0. The molecule has 2 aromatic rings. The van der Waals surface area contributed by atoms with Crippen LogP contribution in [0.5, 0.6) is 5.75 Å². The molecule has 1 unspecified atom stereocenters. The number of aromatic carboxylic acids is 1. The first-order valence-electron chi connectivity index (χ1n) is 7.37. The molecule has 2 rings (SSSR count). The molecule has 116 valence electrons. The number of benzene rings is 2. The lowest BCUT2D eigenvalue weighted by molar-refractivity contribution is 0.0693. The predicted octanol–water partition coefficient (Wildman–Crippen LogP) is 4.54. The van der Waals surface area contributed by atoms with Crippen LogP contribution in [0.3, 0.4) is 0 Å². The van der Waals surface area contributed by atoms with Crippen LogP contribution in [-0.2, 0) is 5.41 Å². The van der Waals surface area contributed by atoms with Gasteiger partial charge in [-0.2, -0.15) is 0 Å². The summed E-state index contributed by atoms with van der Waals surface area (Å²) in [5, 5.41) is 19.8. The lowest BCUT2D eigenvalue weighted by Crippen LogP contribution is -2.14. The van der Waals surface area contributed by atoms with Gasteiger partial charge in [-0.25, -0.2) is 4.79 Å². The number of carbonyl (C=O) groups is 1. The van der Waals surface area contributed by atoms with E-state index in [0.717, 1.165) is 11.1 Å². The maximum Gasteiger partial charge on any atom is 0.339 e. The fraction of sp³-hybridized carbons (Fsp3) is 0.316. The number of phenols is 1. The van der Waals surface area contributed by atoms with Crippen LogP contribution < -0.4 is 0 Å². The van der Waals surface area contributed by atoms with Gasteiger partial charge < -0.3 is 10.2 Å². The molecule has 0 amide bonds. The molecule has 0 bridgehead atoms. The Morgan fingerprint density at radius 3 is 2.18 bits per heavy atom. The van der Waals surface area contributed by atoms with Gasteiger partial charge in [0, 0.05) is 11.5 Å². The van der Waals surface area contributed by atoms with Crippen LogP contribution in [0.2, 0.25) is 0 Å².